The van der Waals surface area contributed by atoms with Crippen LogP contribution in [0.25, 0.3) is 0 Å². The predicted octanol–water partition coefficient (Wildman–Crippen LogP) is 4.71. The summed E-state index contributed by atoms with van der Waals surface area (Å²) in [5.74, 6) is 1.36. The molecule has 0 spiro atoms. The molecule has 3 heteroatoms. The van der Waals surface area contributed by atoms with Crippen molar-refractivity contribution >= 4 is 5.97 Å². The van der Waals surface area contributed by atoms with E-state index >= 15 is 0 Å². The van der Waals surface area contributed by atoms with Gasteiger partial charge in [0.25, 0.3) is 0 Å². The van der Waals surface area contributed by atoms with Crippen LogP contribution in [0.4, 0.5) is 0 Å². The van der Waals surface area contributed by atoms with E-state index in [4.69, 9.17) is 5.11 Å². The Bertz CT molecular complexity index is 633. The third kappa shape index (κ3) is 2.61. The second-order valence-electron chi connectivity index (χ2n) is 9.48. The molecule has 0 radical (unpaired) electrons. The number of rotatable bonds is 2. The normalized spacial score (nSPS) is 47.6. The van der Waals surface area contributed by atoms with Crippen molar-refractivity contribution in [3.8, 4) is 0 Å². The Morgan fingerprint density at radius 2 is 1.96 bits per heavy atom. The monoisotopic (exact) mass is 344 g/mol. The molecule has 0 saturated heterocycles. The van der Waals surface area contributed by atoms with Crippen LogP contribution in [0.1, 0.15) is 71.6 Å². The highest BCUT2D eigenvalue weighted by Crippen LogP contribution is 2.66. The molecule has 0 amide bonds. The second-order valence-corrected chi connectivity index (χ2v) is 9.48. The van der Waals surface area contributed by atoms with Gasteiger partial charge < -0.3 is 10.2 Å². The number of carboxylic acids is 1. The van der Waals surface area contributed by atoms with Crippen LogP contribution in [0.5, 0.6) is 0 Å². The van der Waals surface area contributed by atoms with Gasteiger partial charge in [-0.15, -0.1) is 0 Å². The Morgan fingerprint density at radius 1 is 1.20 bits per heavy atom. The van der Waals surface area contributed by atoms with Crippen molar-refractivity contribution in [2.75, 3.05) is 0 Å². The Kier molecular flexibility index (Phi) is 4.14. The molecule has 3 fully saturated rings. The van der Waals surface area contributed by atoms with Gasteiger partial charge in [-0.1, -0.05) is 37.1 Å². The van der Waals surface area contributed by atoms with Crippen LogP contribution < -0.4 is 0 Å². The average molecular weight is 344 g/mol. The summed E-state index contributed by atoms with van der Waals surface area (Å²) in [7, 11) is 0. The van der Waals surface area contributed by atoms with Crippen LogP contribution in [0.3, 0.4) is 0 Å². The van der Waals surface area contributed by atoms with Crippen LogP contribution in [-0.2, 0) is 4.79 Å². The zero-order chi connectivity index (χ0) is 17.8. The molecule has 138 valence electrons. The highest BCUT2D eigenvalue weighted by atomic mass is 16.4. The summed E-state index contributed by atoms with van der Waals surface area (Å²) >= 11 is 0. The maximum atomic E-state index is 11.0. The minimum Gasteiger partial charge on any atom is -0.481 e. The van der Waals surface area contributed by atoms with E-state index in [0.717, 1.165) is 25.7 Å². The first-order chi connectivity index (χ1) is 11.8. The fraction of sp³-hybridized carbons (Fsp3) is 0.773. The van der Waals surface area contributed by atoms with Crippen molar-refractivity contribution in [3.63, 3.8) is 0 Å². The van der Waals surface area contributed by atoms with E-state index in [9.17, 15) is 9.90 Å². The molecule has 0 bridgehead atoms. The van der Waals surface area contributed by atoms with Gasteiger partial charge in [0.15, 0.2) is 0 Å². The summed E-state index contributed by atoms with van der Waals surface area (Å²) < 4.78 is 0. The highest BCUT2D eigenvalue weighted by Gasteiger charge is 2.57. The van der Waals surface area contributed by atoms with Gasteiger partial charge in [0.2, 0.25) is 0 Å². The molecule has 0 heterocycles. The number of aliphatic carboxylic acids is 1. The van der Waals surface area contributed by atoms with Crippen molar-refractivity contribution in [2.45, 2.75) is 77.7 Å². The van der Waals surface area contributed by atoms with Gasteiger partial charge in [0.1, 0.15) is 0 Å². The van der Waals surface area contributed by atoms with Crippen molar-refractivity contribution in [3.05, 3.63) is 23.3 Å². The van der Waals surface area contributed by atoms with Crippen LogP contribution in [0, 0.1) is 28.6 Å². The summed E-state index contributed by atoms with van der Waals surface area (Å²) in [6.45, 7) is 4.81. The molecule has 25 heavy (non-hydrogen) atoms. The minimum absolute atomic E-state index is 0.135. The molecule has 0 aromatic heterocycles. The van der Waals surface area contributed by atoms with E-state index in [1.807, 2.05) is 6.08 Å². The molecule has 4 aliphatic rings. The van der Waals surface area contributed by atoms with Gasteiger partial charge in [-0.3, -0.25) is 4.79 Å². The Balaban J connectivity index is 1.63. The Labute approximate surface area is 151 Å². The molecule has 6 atom stereocenters. The SMILES string of the molecule is C[C@]12CC(O)CCC1=CC[C@@H]1[C@@H]2CC[C@]2(C)C(=CCC(=O)O)CC[C@@H]12. The largest absolute Gasteiger partial charge is 0.481 e. The molecule has 1 unspecified atom stereocenters. The molecule has 0 aromatic rings. The number of hydrogen-bond acceptors (Lipinski definition) is 2. The summed E-state index contributed by atoms with van der Waals surface area (Å²) in [4.78, 5) is 11.0. The Hall–Kier alpha value is -1.09. The van der Waals surface area contributed by atoms with Gasteiger partial charge in [0, 0.05) is 0 Å². The number of hydrogen-bond donors (Lipinski definition) is 2. The fourth-order valence-corrected chi connectivity index (χ4v) is 7.13. The molecular weight excluding hydrogens is 312 g/mol. The molecule has 3 nitrogen and oxygen atoms in total. The van der Waals surface area contributed by atoms with E-state index in [1.54, 1.807) is 5.57 Å². The quantitative estimate of drug-likeness (QED) is 0.713. The van der Waals surface area contributed by atoms with E-state index in [0.29, 0.717) is 17.8 Å². The molecule has 4 rings (SSSR count). The maximum Gasteiger partial charge on any atom is 0.307 e. The molecular formula is C22H32O3. The lowest BCUT2D eigenvalue weighted by atomic mass is 9.47. The van der Waals surface area contributed by atoms with Gasteiger partial charge in [0.05, 0.1) is 12.5 Å². The van der Waals surface area contributed by atoms with Crippen molar-refractivity contribution in [1.29, 1.82) is 0 Å². The van der Waals surface area contributed by atoms with E-state index in [-0.39, 0.29) is 23.4 Å². The summed E-state index contributed by atoms with van der Waals surface area (Å²) in [6.07, 6.45) is 13.4. The summed E-state index contributed by atoms with van der Waals surface area (Å²) in [5, 5.41) is 19.4. The number of allylic oxidation sites excluding steroid dienone is 3. The van der Waals surface area contributed by atoms with E-state index in [2.05, 4.69) is 19.9 Å². The first-order valence-corrected chi connectivity index (χ1v) is 10.1. The van der Waals surface area contributed by atoms with Crippen LogP contribution in [-0.4, -0.2) is 22.3 Å². The number of aliphatic hydroxyl groups is 1. The van der Waals surface area contributed by atoms with Crippen molar-refractivity contribution in [2.24, 2.45) is 28.6 Å². The van der Waals surface area contributed by atoms with Crippen LogP contribution in [0.2, 0.25) is 0 Å². The van der Waals surface area contributed by atoms with E-state index < -0.39 is 5.97 Å². The molecule has 0 aliphatic heterocycles. The van der Waals surface area contributed by atoms with Crippen LogP contribution in [0.15, 0.2) is 23.3 Å². The standard InChI is InChI=1S/C22H32O3/c1-21-12-11-19-17(18(21)9-5-14(21)6-10-20(24)25)8-4-15-3-7-16(23)13-22(15,19)2/h4,6,16-19,23H,3,5,7-13H2,1-2H3,(H,24,25)/t16?,17-,18-,19-,21+,22-/m0/s1. The smallest absolute Gasteiger partial charge is 0.307 e. The first-order valence-electron chi connectivity index (χ1n) is 10.1. The van der Waals surface area contributed by atoms with Gasteiger partial charge in [-0.2, -0.15) is 0 Å². The number of aliphatic hydroxyl groups excluding tert-OH is 1. The molecule has 2 N–H and O–H groups in total. The average Bonchev–Trinajstić information content (AvgIpc) is 2.88. The molecule has 0 aromatic carbocycles. The summed E-state index contributed by atoms with van der Waals surface area (Å²) in [6, 6.07) is 0. The first kappa shape index (κ1) is 17.3. The minimum atomic E-state index is -0.720. The number of carbonyl (C=O) groups is 1. The number of fused-ring (bicyclic) bond motifs is 5. The lowest BCUT2D eigenvalue weighted by Gasteiger charge is -2.57. The number of carboxylic acid groups (broad SMARTS) is 1. The fourth-order valence-electron chi connectivity index (χ4n) is 7.13. The van der Waals surface area contributed by atoms with Gasteiger partial charge in [-0.05, 0) is 80.0 Å². The highest BCUT2D eigenvalue weighted by molar-refractivity contribution is 5.68. The van der Waals surface area contributed by atoms with Crippen molar-refractivity contribution < 1.29 is 15.0 Å². The molecule has 3 saturated carbocycles. The maximum absolute atomic E-state index is 11.0. The van der Waals surface area contributed by atoms with E-state index in [1.165, 1.54) is 31.3 Å². The zero-order valence-electron chi connectivity index (χ0n) is 15.6. The topological polar surface area (TPSA) is 57.5 Å². The van der Waals surface area contributed by atoms with Crippen molar-refractivity contribution in [1.82, 2.24) is 0 Å². The second kappa shape index (κ2) is 5.97. The Morgan fingerprint density at radius 3 is 2.72 bits per heavy atom. The van der Waals surface area contributed by atoms with Crippen LogP contribution >= 0.6 is 0 Å². The third-order valence-corrected chi connectivity index (χ3v) is 8.40. The summed E-state index contributed by atoms with van der Waals surface area (Å²) in [5.41, 5.74) is 3.41. The lowest BCUT2D eigenvalue weighted by Crippen LogP contribution is -2.50. The predicted molar refractivity (Wildman–Crippen MR) is 98.0 cm³/mol. The lowest BCUT2D eigenvalue weighted by molar-refractivity contribution is -0.136. The zero-order valence-corrected chi connectivity index (χ0v) is 15.6. The van der Waals surface area contributed by atoms with Gasteiger partial charge >= 0.3 is 5.97 Å². The third-order valence-electron chi connectivity index (χ3n) is 8.40. The molecule has 4 aliphatic carbocycles. The van der Waals surface area contributed by atoms with Gasteiger partial charge in [-0.25, -0.2) is 0 Å².